The highest BCUT2D eigenvalue weighted by atomic mass is 33.5. The number of carbonyl (C=O) groups excluding carboxylic acids is 1. The van der Waals surface area contributed by atoms with Crippen LogP contribution in [0.15, 0.2) is 0 Å². The van der Waals surface area contributed by atoms with Gasteiger partial charge in [-0.25, -0.2) is 0 Å². The Morgan fingerprint density at radius 3 is 2.47 bits per heavy atom. The van der Waals surface area contributed by atoms with Crippen LogP contribution >= 0.6 is 32.3 Å². The van der Waals surface area contributed by atoms with Crippen LogP contribution in [0.1, 0.15) is 27.2 Å². The zero-order chi connectivity index (χ0) is 12.1. The van der Waals surface area contributed by atoms with E-state index in [-0.39, 0.29) is 0 Å². The minimum atomic E-state index is -2.39. The first-order valence-corrected chi connectivity index (χ1v) is 7.76. The van der Waals surface area contributed by atoms with Gasteiger partial charge in [0.15, 0.2) is 0 Å². The molecule has 0 amide bonds. The van der Waals surface area contributed by atoms with Crippen molar-refractivity contribution in [2.24, 2.45) is 5.92 Å². The van der Waals surface area contributed by atoms with Crippen molar-refractivity contribution >= 4 is 38.2 Å². The predicted octanol–water partition coefficient (Wildman–Crippen LogP) is 1.83. The second kappa shape index (κ2) is 6.90. The minimum Gasteiger partial charge on any atom is -0.407 e. The molecule has 0 aliphatic carbocycles. The average molecular weight is 272 g/mol. The molecule has 0 aromatic carbocycles. The number of rotatable bonds is 6. The summed E-state index contributed by atoms with van der Waals surface area (Å²) in [4.78, 5) is 11.4. The van der Waals surface area contributed by atoms with Crippen molar-refractivity contribution in [1.29, 1.82) is 0 Å². The average Bonchev–Trinajstić information content (AvgIpc) is 2.16. The van der Waals surface area contributed by atoms with Crippen LogP contribution in [0.2, 0.25) is 0 Å². The van der Waals surface area contributed by atoms with E-state index in [1.165, 1.54) is 10.8 Å². The smallest absolute Gasteiger partial charge is 0.326 e. The summed E-state index contributed by atoms with van der Waals surface area (Å²) in [6, 6.07) is 0. The van der Waals surface area contributed by atoms with Crippen molar-refractivity contribution < 1.29 is 19.7 Å². The quantitative estimate of drug-likeness (QED) is 0.297. The molecular formula is C8H16O4S3. The molecule has 0 heterocycles. The van der Waals surface area contributed by atoms with E-state index in [1.54, 1.807) is 20.8 Å². The summed E-state index contributed by atoms with van der Waals surface area (Å²) in [5.74, 6) is -3.57. The van der Waals surface area contributed by atoms with E-state index < -0.39 is 23.1 Å². The fourth-order valence-electron chi connectivity index (χ4n) is 0.701. The maximum absolute atomic E-state index is 11.4. The molecule has 0 aromatic heterocycles. The molecule has 15 heavy (non-hydrogen) atoms. The summed E-state index contributed by atoms with van der Waals surface area (Å²) >= 11 is 3.87. The molecule has 0 rings (SSSR count). The zero-order valence-electron chi connectivity index (χ0n) is 8.84. The van der Waals surface area contributed by atoms with E-state index in [0.29, 0.717) is 6.42 Å². The molecule has 0 saturated heterocycles. The van der Waals surface area contributed by atoms with Gasteiger partial charge in [-0.05, 0) is 23.2 Å². The Bertz CT molecular complexity index is 210. The van der Waals surface area contributed by atoms with Gasteiger partial charge in [0.1, 0.15) is 5.25 Å². The van der Waals surface area contributed by atoms with E-state index in [2.05, 4.69) is 16.4 Å². The fraction of sp³-hybridized carbons (Fsp3) is 0.875. The molecule has 4 nitrogen and oxygen atoms in total. The Balaban J connectivity index is 4.26. The minimum absolute atomic E-state index is 0.491. The molecule has 7 heteroatoms. The Labute approximate surface area is 102 Å². The SMILES string of the molecule is CCC(C)C(O)(O)OC(=O)C(C)SSS. The summed E-state index contributed by atoms with van der Waals surface area (Å²) in [6.45, 7) is 4.99. The van der Waals surface area contributed by atoms with Crippen LogP contribution in [0.3, 0.4) is 0 Å². The summed E-state index contributed by atoms with van der Waals surface area (Å²) in [7, 11) is 2.31. The number of thiol groups is 1. The Morgan fingerprint density at radius 1 is 1.53 bits per heavy atom. The molecule has 0 aliphatic rings. The Hall–Kier alpha value is 0.440. The first-order valence-electron chi connectivity index (χ1n) is 4.49. The highest BCUT2D eigenvalue weighted by Gasteiger charge is 2.36. The van der Waals surface area contributed by atoms with Gasteiger partial charge in [0, 0.05) is 5.92 Å². The number of ether oxygens (including phenoxy) is 1. The van der Waals surface area contributed by atoms with Gasteiger partial charge in [-0.15, -0.1) is 0 Å². The molecule has 0 bridgehead atoms. The molecule has 2 atom stereocenters. The molecule has 0 radical (unpaired) electrons. The molecule has 0 spiro atoms. The molecule has 90 valence electrons. The monoisotopic (exact) mass is 272 g/mol. The second-order valence-corrected chi connectivity index (χ2v) is 6.62. The third kappa shape index (κ3) is 5.35. The van der Waals surface area contributed by atoms with Gasteiger partial charge in [0.25, 0.3) is 0 Å². The van der Waals surface area contributed by atoms with Crippen LogP contribution < -0.4 is 0 Å². The lowest BCUT2D eigenvalue weighted by atomic mass is 10.1. The maximum atomic E-state index is 11.4. The van der Waals surface area contributed by atoms with Gasteiger partial charge in [-0.3, -0.25) is 4.79 Å². The van der Waals surface area contributed by atoms with Gasteiger partial charge >= 0.3 is 11.9 Å². The first kappa shape index (κ1) is 15.4. The van der Waals surface area contributed by atoms with Crippen molar-refractivity contribution in [3.05, 3.63) is 0 Å². The van der Waals surface area contributed by atoms with Gasteiger partial charge in [0.2, 0.25) is 0 Å². The molecule has 2 N–H and O–H groups in total. The van der Waals surface area contributed by atoms with Crippen LogP contribution in [0.4, 0.5) is 0 Å². The van der Waals surface area contributed by atoms with Crippen LogP contribution in [0.25, 0.3) is 0 Å². The lowest BCUT2D eigenvalue weighted by Gasteiger charge is -2.27. The molecule has 0 fully saturated rings. The van der Waals surface area contributed by atoms with Gasteiger partial charge in [-0.1, -0.05) is 36.3 Å². The van der Waals surface area contributed by atoms with Crippen LogP contribution in [-0.4, -0.2) is 27.4 Å². The standard InChI is InChI=1S/C8H16O4S3/c1-4-5(2)8(10,11)12-7(9)6(3)14-15-13/h5-6,10-11,13H,4H2,1-3H3. The van der Waals surface area contributed by atoms with Crippen molar-refractivity contribution in [2.75, 3.05) is 0 Å². The Kier molecular flexibility index (Phi) is 7.10. The van der Waals surface area contributed by atoms with Crippen molar-refractivity contribution in [2.45, 2.75) is 38.4 Å². The van der Waals surface area contributed by atoms with E-state index in [1.807, 2.05) is 0 Å². The number of esters is 1. The van der Waals surface area contributed by atoms with Crippen molar-refractivity contribution in [3.63, 3.8) is 0 Å². The van der Waals surface area contributed by atoms with Gasteiger partial charge < -0.3 is 14.9 Å². The maximum Gasteiger partial charge on any atom is 0.326 e. The number of hydrogen-bond donors (Lipinski definition) is 3. The third-order valence-electron chi connectivity index (χ3n) is 2.02. The second-order valence-electron chi connectivity index (χ2n) is 3.20. The summed E-state index contributed by atoms with van der Waals surface area (Å²) in [5, 5.41) is 18.4. The summed E-state index contributed by atoms with van der Waals surface area (Å²) < 4.78 is 4.61. The summed E-state index contributed by atoms with van der Waals surface area (Å²) in [5.41, 5.74) is 0. The molecule has 0 aromatic rings. The number of aliphatic hydroxyl groups is 2. The largest absolute Gasteiger partial charge is 0.407 e. The van der Waals surface area contributed by atoms with E-state index in [4.69, 9.17) is 0 Å². The van der Waals surface area contributed by atoms with Gasteiger partial charge in [0.05, 0.1) is 0 Å². The van der Waals surface area contributed by atoms with E-state index >= 15 is 0 Å². The van der Waals surface area contributed by atoms with E-state index in [9.17, 15) is 15.0 Å². The zero-order valence-corrected chi connectivity index (χ0v) is 11.4. The predicted molar refractivity (Wildman–Crippen MR) is 66.3 cm³/mol. The Morgan fingerprint density at radius 2 is 2.07 bits per heavy atom. The fourth-order valence-corrected chi connectivity index (χ4v) is 2.74. The lowest BCUT2D eigenvalue weighted by Crippen LogP contribution is -2.42. The third-order valence-corrected chi connectivity index (χ3v) is 4.49. The molecule has 2 unspecified atom stereocenters. The summed E-state index contributed by atoms with van der Waals surface area (Å²) in [6.07, 6.45) is 0.503. The number of hydrogen-bond acceptors (Lipinski definition) is 7. The highest BCUT2D eigenvalue weighted by Crippen LogP contribution is 2.31. The van der Waals surface area contributed by atoms with Crippen LogP contribution in [0.5, 0.6) is 0 Å². The van der Waals surface area contributed by atoms with E-state index in [0.717, 1.165) is 9.83 Å². The van der Waals surface area contributed by atoms with Gasteiger partial charge in [-0.2, -0.15) is 0 Å². The van der Waals surface area contributed by atoms with Crippen LogP contribution in [0, 0.1) is 5.92 Å². The molecular weight excluding hydrogens is 256 g/mol. The molecule has 0 saturated carbocycles. The topological polar surface area (TPSA) is 66.8 Å². The molecule has 0 aliphatic heterocycles. The first-order chi connectivity index (χ1) is 6.85. The highest BCUT2D eigenvalue weighted by molar-refractivity contribution is 9.05. The van der Waals surface area contributed by atoms with Crippen LogP contribution in [-0.2, 0) is 9.53 Å². The van der Waals surface area contributed by atoms with Crippen molar-refractivity contribution in [1.82, 2.24) is 0 Å². The van der Waals surface area contributed by atoms with Crippen molar-refractivity contribution in [3.8, 4) is 0 Å². The normalized spacial score (nSPS) is 15.9. The lowest BCUT2D eigenvalue weighted by molar-refractivity contribution is -0.343. The number of carbonyl (C=O) groups is 1.